The highest BCUT2D eigenvalue weighted by molar-refractivity contribution is 5.78. The van der Waals surface area contributed by atoms with Gasteiger partial charge in [-0.05, 0) is 31.2 Å². The molecule has 0 aliphatic heterocycles. The molecule has 0 spiro atoms. The Morgan fingerprint density at radius 2 is 1.70 bits per heavy atom. The Morgan fingerprint density at radius 1 is 1.05 bits per heavy atom. The molecule has 0 unspecified atom stereocenters. The number of nitrogens with zero attached hydrogens (tertiary/aromatic N) is 1. The molecule has 0 atom stereocenters. The van der Waals surface area contributed by atoms with Gasteiger partial charge in [-0.25, -0.2) is 0 Å². The number of hydrogen-bond donors (Lipinski definition) is 0. The van der Waals surface area contributed by atoms with Crippen molar-refractivity contribution >= 4 is 5.91 Å². The summed E-state index contributed by atoms with van der Waals surface area (Å²) in [6, 6.07) is 11.0. The zero-order valence-electron chi connectivity index (χ0n) is 12.0. The first-order chi connectivity index (χ1) is 9.84. The molecule has 0 aromatic heterocycles. The van der Waals surface area contributed by atoms with Crippen LogP contribution in [0.3, 0.4) is 0 Å². The predicted octanol–water partition coefficient (Wildman–Crippen LogP) is 3.14. The van der Waals surface area contributed by atoms with Crippen LogP contribution in [-0.4, -0.2) is 29.5 Å². The van der Waals surface area contributed by atoms with E-state index in [1.165, 1.54) is 38.5 Å². The number of ether oxygens (including phenoxy) is 1. The highest BCUT2D eigenvalue weighted by Gasteiger charge is 2.38. The van der Waals surface area contributed by atoms with Gasteiger partial charge in [0.1, 0.15) is 6.61 Å². The fraction of sp³-hybridized carbons (Fsp3) is 0.588. The molecule has 0 N–H and O–H groups in total. The summed E-state index contributed by atoms with van der Waals surface area (Å²) in [5.74, 6) is 0.190. The molecule has 1 aromatic rings. The van der Waals surface area contributed by atoms with Crippen LogP contribution in [0.5, 0.6) is 0 Å². The Hall–Kier alpha value is -1.35. The molecule has 3 nitrogen and oxygen atoms in total. The number of rotatable bonds is 6. The van der Waals surface area contributed by atoms with Crippen LogP contribution in [0.1, 0.15) is 44.1 Å². The Kier molecular flexibility index (Phi) is 4.36. The number of carbonyl (C=O) groups is 1. The molecule has 2 aliphatic carbocycles. The van der Waals surface area contributed by atoms with Crippen molar-refractivity contribution < 1.29 is 9.53 Å². The molecule has 0 bridgehead atoms. The maximum Gasteiger partial charge on any atom is 0.249 e. The van der Waals surface area contributed by atoms with E-state index in [0.29, 0.717) is 18.7 Å². The van der Waals surface area contributed by atoms with E-state index in [-0.39, 0.29) is 12.5 Å². The Labute approximate surface area is 120 Å². The summed E-state index contributed by atoms with van der Waals surface area (Å²) in [6.07, 6.45) is 7.27. The van der Waals surface area contributed by atoms with Crippen molar-refractivity contribution in [3.63, 3.8) is 0 Å². The molecular formula is C17H23NO2. The zero-order valence-corrected chi connectivity index (χ0v) is 12.0. The molecule has 108 valence electrons. The van der Waals surface area contributed by atoms with Gasteiger partial charge in [-0.3, -0.25) is 4.79 Å². The highest BCUT2D eigenvalue weighted by atomic mass is 16.5. The van der Waals surface area contributed by atoms with Crippen molar-refractivity contribution in [2.75, 3.05) is 6.61 Å². The van der Waals surface area contributed by atoms with Gasteiger partial charge in [0.05, 0.1) is 6.61 Å². The van der Waals surface area contributed by atoms with Crippen LogP contribution in [0, 0.1) is 0 Å². The third-order valence-corrected chi connectivity index (χ3v) is 4.28. The Balaban J connectivity index is 1.49. The van der Waals surface area contributed by atoms with Crippen molar-refractivity contribution in [1.29, 1.82) is 0 Å². The van der Waals surface area contributed by atoms with Gasteiger partial charge in [-0.1, -0.05) is 43.2 Å². The second-order valence-electron chi connectivity index (χ2n) is 5.95. The molecule has 3 rings (SSSR count). The number of amides is 1. The lowest BCUT2D eigenvalue weighted by atomic mass is 10.2. The largest absolute Gasteiger partial charge is 0.367 e. The number of benzene rings is 1. The average Bonchev–Trinajstić information content (AvgIpc) is 3.15. The average molecular weight is 273 g/mol. The van der Waals surface area contributed by atoms with Crippen molar-refractivity contribution in [2.24, 2.45) is 0 Å². The molecule has 2 saturated carbocycles. The lowest BCUT2D eigenvalue weighted by molar-refractivity contribution is -0.139. The van der Waals surface area contributed by atoms with Gasteiger partial charge in [-0.2, -0.15) is 0 Å². The molecular weight excluding hydrogens is 250 g/mol. The fourth-order valence-corrected chi connectivity index (χ4v) is 3.15. The van der Waals surface area contributed by atoms with Gasteiger partial charge in [-0.15, -0.1) is 0 Å². The minimum absolute atomic E-state index is 0.190. The second kappa shape index (κ2) is 6.40. The third-order valence-electron chi connectivity index (χ3n) is 4.28. The van der Waals surface area contributed by atoms with Gasteiger partial charge >= 0.3 is 0 Å². The number of carbonyl (C=O) groups excluding carboxylic acids is 1. The summed E-state index contributed by atoms with van der Waals surface area (Å²) in [7, 11) is 0. The van der Waals surface area contributed by atoms with Crippen LogP contribution in [0.15, 0.2) is 30.3 Å². The molecule has 2 fully saturated rings. The standard InChI is InChI=1S/C17H23NO2/c19-17(13-20-12-14-6-2-1-3-7-14)18(16-10-11-16)15-8-4-5-9-15/h1-3,6-7,15-16H,4-5,8-13H2. The van der Waals surface area contributed by atoms with Crippen LogP contribution >= 0.6 is 0 Å². The van der Waals surface area contributed by atoms with Crippen molar-refractivity contribution in [1.82, 2.24) is 4.90 Å². The van der Waals surface area contributed by atoms with Crippen LogP contribution in [-0.2, 0) is 16.1 Å². The molecule has 3 heteroatoms. The smallest absolute Gasteiger partial charge is 0.249 e. The highest BCUT2D eigenvalue weighted by Crippen LogP contribution is 2.34. The maximum absolute atomic E-state index is 12.4. The van der Waals surface area contributed by atoms with Crippen molar-refractivity contribution in [3.8, 4) is 0 Å². The van der Waals surface area contributed by atoms with E-state index in [4.69, 9.17) is 4.74 Å². The number of hydrogen-bond acceptors (Lipinski definition) is 2. The lowest BCUT2D eigenvalue weighted by Crippen LogP contribution is -2.42. The lowest BCUT2D eigenvalue weighted by Gasteiger charge is -2.29. The van der Waals surface area contributed by atoms with E-state index in [1.54, 1.807) is 0 Å². The fourth-order valence-electron chi connectivity index (χ4n) is 3.15. The SMILES string of the molecule is O=C(COCc1ccccc1)N(C1CCCC1)C1CC1. The van der Waals surface area contributed by atoms with E-state index in [1.807, 2.05) is 30.3 Å². The summed E-state index contributed by atoms with van der Waals surface area (Å²) in [6.45, 7) is 0.748. The molecule has 1 amide bonds. The Bertz CT molecular complexity index is 436. The van der Waals surface area contributed by atoms with E-state index in [9.17, 15) is 4.79 Å². The van der Waals surface area contributed by atoms with Crippen LogP contribution in [0.4, 0.5) is 0 Å². The first kappa shape index (κ1) is 13.6. The van der Waals surface area contributed by atoms with E-state index in [0.717, 1.165) is 5.56 Å². The minimum Gasteiger partial charge on any atom is -0.367 e. The minimum atomic E-state index is 0.190. The summed E-state index contributed by atoms with van der Waals surface area (Å²) >= 11 is 0. The topological polar surface area (TPSA) is 29.5 Å². The zero-order chi connectivity index (χ0) is 13.8. The maximum atomic E-state index is 12.4. The quantitative estimate of drug-likeness (QED) is 0.797. The van der Waals surface area contributed by atoms with Gasteiger partial charge in [0, 0.05) is 12.1 Å². The van der Waals surface area contributed by atoms with Crippen LogP contribution < -0.4 is 0 Å². The van der Waals surface area contributed by atoms with Crippen LogP contribution in [0.25, 0.3) is 0 Å². The van der Waals surface area contributed by atoms with E-state index < -0.39 is 0 Å². The normalized spacial score (nSPS) is 19.2. The molecule has 1 aromatic carbocycles. The van der Waals surface area contributed by atoms with Gasteiger partial charge in [0.15, 0.2) is 0 Å². The van der Waals surface area contributed by atoms with Gasteiger partial charge in [0.2, 0.25) is 5.91 Å². The van der Waals surface area contributed by atoms with E-state index >= 15 is 0 Å². The predicted molar refractivity (Wildman–Crippen MR) is 78.2 cm³/mol. The van der Waals surface area contributed by atoms with E-state index in [2.05, 4.69) is 4.90 Å². The molecule has 0 saturated heterocycles. The first-order valence-corrected chi connectivity index (χ1v) is 7.77. The first-order valence-electron chi connectivity index (χ1n) is 7.77. The van der Waals surface area contributed by atoms with Gasteiger partial charge < -0.3 is 9.64 Å². The second-order valence-corrected chi connectivity index (χ2v) is 5.95. The Morgan fingerprint density at radius 3 is 2.35 bits per heavy atom. The monoisotopic (exact) mass is 273 g/mol. The summed E-state index contributed by atoms with van der Waals surface area (Å²) in [5, 5.41) is 0. The molecule has 2 aliphatic rings. The molecule has 20 heavy (non-hydrogen) atoms. The van der Waals surface area contributed by atoms with Gasteiger partial charge in [0.25, 0.3) is 0 Å². The van der Waals surface area contributed by atoms with Crippen molar-refractivity contribution in [3.05, 3.63) is 35.9 Å². The summed E-state index contributed by atoms with van der Waals surface area (Å²) in [5.41, 5.74) is 1.12. The summed E-state index contributed by atoms with van der Waals surface area (Å²) in [4.78, 5) is 14.5. The van der Waals surface area contributed by atoms with Crippen molar-refractivity contribution in [2.45, 2.75) is 57.2 Å². The molecule has 0 heterocycles. The summed E-state index contributed by atoms with van der Waals surface area (Å²) < 4.78 is 5.61. The third kappa shape index (κ3) is 3.40. The van der Waals surface area contributed by atoms with Crippen LogP contribution in [0.2, 0.25) is 0 Å². The molecule has 0 radical (unpaired) electrons.